The molecule has 2 aliphatic rings. The molecule has 0 amide bonds. The predicted octanol–water partition coefficient (Wildman–Crippen LogP) is 5.54. The van der Waals surface area contributed by atoms with Crippen molar-refractivity contribution in [1.29, 1.82) is 0 Å². The van der Waals surface area contributed by atoms with Crippen LogP contribution < -0.4 is 0 Å². The van der Waals surface area contributed by atoms with Crippen LogP contribution in [0.5, 0.6) is 0 Å². The summed E-state index contributed by atoms with van der Waals surface area (Å²) in [5, 5.41) is 0. The summed E-state index contributed by atoms with van der Waals surface area (Å²) >= 11 is 0. The molecule has 3 rings (SSSR count). The first-order chi connectivity index (χ1) is 14.1. The number of ether oxygens (including phenoxy) is 4. The third kappa shape index (κ3) is 6.20. The minimum absolute atomic E-state index is 0.137. The fourth-order valence-electron chi connectivity index (χ4n) is 3.92. The van der Waals surface area contributed by atoms with E-state index >= 15 is 0 Å². The molecule has 0 saturated carbocycles. The highest BCUT2D eigenvalue weighted by Gasteiger charge is 2.29. The van der Waals surface area contributed by atoms with Crippen LogP contribution in [0.1, 0.15) is 69.8 Å². The molecule has 0 aliphatic carbocycles. The summed E-state index contributed by atoms with van der Waals surface area (Å²) in [6.07, 6.45) is 5.48. The van der Waals surface area contributed by atoms with Crippen molar-refractivity contribution in [2.75, 3.05) is 26.4 Å². The Morgan fingerprint density at radius 2 is 1.45 bits per heavy atom. The van der Waals surface area contributed by atoms with Gasteiger partial charge in [-0.25, -0.2) is 8.78 Å². The number of halogens is 2. The largest absolute Gasteiger partial charge is 0.352 e. The van der Waals surface area contributed by atoms with E-state index < -0.39 is 17.9 Å². The van der Waals surface area contributed by atoms with Gasteiger partial charge in [-0.3, -0.25) is 0 Å². The third-order valence-electron chi connectivity index (χ3n) is 5.74. The number of aryl methyl sites for hydroxylation is 1. The van der Waals surface area contributed by atoms with Crippen LogP contribution in [0.15, 0.2) is 12.1 Å². The van der Waals surface area contributed by atoms with Gasteiger partial charge in [-0.1, -0.05) is 45.2 Å². The number of hydrogen-bond acceptors (Lipinski definition) is 4. The fourth-order valence-corrected chi connectivity index (χ4v) is 3.92. The molecule has 0 bridgehead atoms. The minimum atomic E-state index is -0.860. The summed E-state index contributed by atoms with van der Waals surface area (Å²) in [6, 6.07) is 3.20. The Bertz CT molecular complexity index is 624. The Hall–Kier alpha value is -1.08. The van der Waals surface area contributed by atoms with E-state index in [2.05, 4.69) is 6.92 Å². The van der Waals surface area contributed by atoms with Crippen LogP contribution in [0, 0.1) is 23.5 Å². The molecule has 2 heterocycles. The Balaban J connectivity index is 1.40. The molecule has 0 N–H and O–H groups in total. The lowest BCUT2D eigenvalue weighted by molar-refractivity contribution is -0.221. The van der Waals surface area contributed by atoms with Gasteiger partial charge in [0.05, 0.1) is 26.4 Å². The van der Waals surface area contributed by atoms with E-state index in [0.717, 1.165) is 38.9 Å². The summed E-state index contributed by atoms with van der Waals surface area (Å²) in [5.41, 5.74) is 0.532. The van der Waals surface area contributed by atoms with Crippen LogP contribution in [0.3, 0.4) is 0 Å². The summed E-state index contributed by atoms with van der Waals surface area (Å²) in [7, 11) is 0. The second kappa shape index (κ2) is 11.3. The lowest BCUT2D eigenvalue weighted by Crippen LogP contribution is -2.34. The molecule has 1 aromatic rings. The fraction of sp³-hybridized carbons (Fsp3) is 0.739. The first-order valence-electron chi connectivity index (χ1n) is 11.1. The Labute approximate surface area is 172 Å². The first kappa shape index (κ1) is 22.6. The van der Waals surface area contributed by atoms with Crippen LogP contribution >= 0.6 is 0 Å². The standard InChI is InChI=1S/C23H34F2O4/c1-3-5-7-16-12-26-20(27-13-16)11-8-17-14-28-23(29-15-17)19-10-9-18(6-4-2)21(24)22(19)25/h9-10,16-17,20,23H,3-8,11-15H2,1-2H3/t16-,17-,20-,23-. The number of rotatable bonds is 9. The van der Waals surface area contributed by atoms with E-state index in [0.29, 0.717) is 31.1 Å². The third-order valence-corrected chi connectivity index (χ3v) is 5.74. The van der Waals surface area contributed by atoms with Crippen molar-refractivity contribution in [2.24, 2.45) is 11.8 Å². The topological polar surface area (TPSA) is 36.9 Å². The molecule has 1 aromatic carbocycles. The highest BCUT2D eigenvalue weighted by Crippen LogP contribution is 2.31. The van der Waals surface area contributed by atoms with Gasteiger partial charge in [0.1, 0.15) is 0 Å². The van der Waals surface area contributed by atoms with E-state index in [1.165, 1.54) is 12.8 Å². The quantitative estimate of drug-likeness (QED) is 0.534. The van der Waals surface area contributed by atoms with Gasteiger partial charge >= 0.3 is 0 Å². The molecule has 164 valence electrons. The molecule has 0 aromatic heterocycles. The van der Waals surface area contributed by atoms with Gasteiger partial charge in [0.25, 0.3) is 0 Å². The zero-order valence-electron chi connectivity index (χ0n) is 17.6. The summed E-state index contributed by atoms with van der Waals surface area (Å²) in [5.74, 6) is -0.945. The predicted molar refractivity (Wildman–Crippen MR) is 106 cm³/mol. The van der Waals surface area contributed by atoms with Crippen molar-refractivity contribution in [3.05, 3.63) is 34.9 Å². The maximum Gasteiger partial charge on any atom is 0.186 e. The SMILES string of the molecule is CCCC[C@H]1CO[C@H](CC[C@H]2CO[C@H](c3ccc(CCC)c(F)c3F)OC2)OC1. The summed E-state index contributed by atoms with van der Waals surface area (Å²) < 4.78 is 51.7. The van der Waals surface area contributed by atoms with Gasteiger partial charge < -0.3 is 18.9 Å². The van der Waals surface area contributed by atoms with E-state index in [4.69, 9.17) is 18.9 Å². The average Bonchev–Trinajstić information content (AvgIpc) is 2.75. The second-order valence-corrected chi connectivity index (χ2v) is 8.24. The normalized spacial score (nSPS) is 27.9. The molecule has 29 heavy (non-hydrogen) atoms. The molecule has 0 spiro atoms. The van der Waals surface area contributed by atoms with Crippen LogP contribution in [0.25, 0.3) is 0 Å². The highest BCUT2D eigenvalue weighted by atomic mass is 19.2. The molecule has 0 atom stereocenters. The highest BCUT2D eigenvalue weighted by molar-refractivity contribution is 5.27. The molecular weight excluding hydrogens is 378 g/mol. The van der Waals surface area contributed by atoms with Gasteiger partial charge in [0.15, 0.2) is 24.2 Å². The van der Waals surface area contributed by atoms with E-state index in [9.17, 15) is 8.78 Å². The van der Waals surface area contributed by atoms with Gasteiger partial charge in [0.2, 0.25) is 0 Å². The van der Waals surface area contributed by atoms with Crippen molar-refractivity contribution in [3.8, 4) is 0 Å². The molecule has 6 heteroatoms. The van der Waals surface area contributed by atoms with Gasteiger partial charge in [-0.15, -0.1) is 0 Å². The molecule has 2 saturated heterocycles. The average molecular weight is 413 g/mol. The zero-order chi connectivity index (χ0) is 20.6. The van der Waals surface area contributed by atoms with E-state index in [1.54, 1.807) is 12.1 Å². The van der Waals surface area contributed by atoms with Gasteiger partial charge in [-0.2, -0.15) is 0 Å². The van der Waals surface area contributed by atoms with Crippen LogP contribution in [0.4, 0.5) is 8.78 Å². The van der Waals surface area contributed by atoms with Crippen LogP contribution in [0.2, 0.25) is 0 Å². The lowest BCUT2D eigenvalue weighted by Gasteiger charge is -2.32. The molecular formula is C23H34F2O4. The number of hydrogen-bond donors (Lipinski definition) is 0. The molecule has 4 nitrogen and oxygen atoms in total. The van der Waals surface area contributed by atoms with Crippen molar-refractivity contribution in [2.45, 2.75) is 71.4 Å². The maximum absolute atomic E-state index is 14.4. The van der Waals surface area contributed by atoms with Crippen LogP contribution in [-0.2, 0) is 25.4 Å². The van der Waals surface area contributed by atoms with Gasteiger partial charge in [0, 0.05) is 17.4 Å². The Morgan fingerprint density at radius 1 is 0.793 bits per heavy atom. The van der Waals surface area contributed by atoms with Crippen molar-refractivity contribution < 1.29 is 27.7 Å². The van der Waals surface area contributed by atoms with E-state index in [1.807, 2.05) is 6.92 Å². The number of unbranched alkanes of at least 4 members (excludes halogenated alkanes) is 1. The molecule has 2 fully saturated rings. The van der Waals surface area contributed by atoms with Crippen LogP contribution in [-0.4, -0.2) is 32.7 Å². The molecule has 0 radical (unpaired) electrons. The van der Waals surface area contributed by atoms with Crippen molar-refractivity contribution in [3.63, 3.8) is 0 Å². The van der Waals surface area contributed by atoms with Gasteiger partial charge in [-0.05, 0) is 31.2 Å². The lowest BCUT2D eigenvalue weighted by atomic mass is 10.0. The molecule has 0 unspecified atom stereocenters. The summed E-state index contributed by atoms with van der Waals surface area (Å²) in [6.45, 7) is 6.57. The number of benzene rings is 1. The smallest absolute Gasteiger partial charge is 0.186 e. The molecule has 2 aliphatic heterocycles. The Morgan fingerprint density at radius 3 is 2.10 bits per heavy atom. The minimum Gasteiger partial charge on any atom is -0.352 e. The summed E-state index contributed by atoms with van der Waals surface area (Å²) in [4.78, 5) is 0. The van der Waals surface area contributed by atoms with Crippen molar-refractivity contribution in [1.82, 2.24) is 0 Å². The first-order valence-corrected chi connectivity index (χ1v) is 11.1. The zero-order valence-corrected chi connectivity index (χ0v) is 17.6. The second-order valence-electron chi connectivity index (χ2n) is 8.24. The monoisotopic (exact) mass is 412 g/mol. The van der Waals surface area contributed by atoms with E-state index in [-0.39, 0.29) is 17.8 Å². The maximum atomic E-state index is 14.4. The Kier molecular flexibility index (Phi) is 8.85. The van der Waals surface area contributed by atoms with Crippen molar-refractivity contribution >= 4 is 0 Å².